The lowest BCUT2D eigenvalue weighted by Gasteiger charge is -2.04. The lowest BCUT2D eigenvalue weighted by molar-refractivity contribution is 0.281. The molecule has 1 aromatic heterocycles. The first-order chi connectivity index (χ1) is 9.79. The fraction of sp³-hybridized carbons (Fsp3) is 0.118. The van der Waals surface area contributed by atoms with Gasteiger partial charge in [0.1, 0.15) is 0 Å². The zero-order valence-electron chi connectivity index (χ0n) is 11.3. The summed E-state index contributed by atoms with van der Waals surface area (Å²) in [5.41, 5.74) is 5.97. The van der Waals surface area contributed by atoms with Crippen molar-refractivity contribution >= 4 is 0 Å². The smallest absolute Gasteiger partial charge is 0.0978 e. The lowest BCUT2D eigenvalue weighted by Crippen LogP contribution is -1.88. The Kier molecular flexibility index (Phi) is 3.35. The molecule has 0 bridgehead atoms. The highest BCUT2D eigenvalue weighted by atomic mass is 16.3. The third-order valence-corrected chi connectivity index (χ3v) is 3.50. The lowest BCUT2D eigenvalue weighted by atomic mass is 10.0. The Hall–Kier alpha value is -2.39. The summed E-state index contributed by atoms with van der Waals surface area (Å²) in [6.07, 6.45) is 0. The van der Waals surface area contributed by atoms with E-state index in [0.717, 1.165) is 22.5 Å². The summed E-state index contributed by atoms with van der Waals surface area (Å²) in [6, 6.07) is 18.5. The minimum absolute atomic E-state index is 0.00188. The van der Waals surface area contributed by atoms with Crippen LogP contribution in [0.2, 0.25) is 0 Å². The van der Waals surface area contributed by atoms with Gasteiger partial charge in [-0.2, -0.15) is 5.10 Å². The molecule has 100 valence electrons. The van der Waals surface area contributed by atoms with Crippen LogP contribution in [0.4, 0.5) is 0 Å². The molecule has 20 heavy (non-hydrogen) atoms. The van der Waals surface area contributed by atoms with Gasteiger partial charge < -0.3 is 5.11 Å². The molecule has 0 amide bonds. The van der Waals surface area contributed by atoms with Gasteiger partial charge in [0, 0.05) is 16.8 Å². The van der Waals surface area contributed by atoms with Crippen LogP contribution in [0.5, 0.6) is 0 Å². The first-order valence-corrected chi connectivity index (χ1v) is 6.60. The highest BCUT2D eigenvalue weighted by Gasteiger charge is 2.11. The van der Waals surface area contributed by atoms with Gasteiger partial charge in [-0.05, 0) is 18.1 Å². The van der Waals surface area contributed by atoms with Gasteiger partial charge in [-0.25, -0.2) is 0 Å². The van der Waals surface area contributed by atoms with Crippen molar-refractivity contribution < 1.29 is 5.11 Å². The molecule has 3 nitrogen and oxygen atoms in total. The van der Waals surface area contributed by atoms with E-state index in [9.17, 15) is 5.11 Å². The van der Waals surface area contributed by atoms with E-state index in [1.165, 1.54) is 11.1 Å². The average molecular weight is 264 g/mol. The van der Waals surface area contributed by atoms with E-state index in [4.69, 9.17) is 0 Å². The zero-order chi connectivity index (χ0) is 13.9. The first-order valence-electron chi connectivity index (χ1n) is 6.60. The maximum Gasteiger partial charge on any atom is 0.0978 e. The number of rotatable bonds is 3. The van der Waals surface area contributed by atoms with Crippen LogP contribution in [0, 0.1) is 6.92 Å². The van der Waals surface area contributed by atoms with E-state index in [1.807, 2.05) is 37.3 Å². The highest BCUT2D eigenvalue weighted by Crippen LogP contribution is 2.26. The summed E-state index contributed by atoms with van der Waals surface area (Å²) in [5, 5.41) is 16.6. The molecule has 2 aromatic carbocycles. The summed E-state index contributed by atoms with van der Waals surface area (Å²) in [4.78, 5) is 0. The summed E-state index contributed by atoms with van der Waals surface area (Å²) in [7, 11) is 0. The van der Waals surface area contributed by atoms with Gasteiger partial charge in [0.15, 0.2) is 0 Å². The highest BCUT2D eigenvalue weighted by molar-refractivity contribution is 5.70. The molecule has 3 rings (SSSR count). The van der Waals surface area contributed by atoms with Crippen molar-refractivity contribution in [1.82, 2.24) is 10.2 Å². The van der Waals surface area contributed by atoms with Crippen molar-refractivity contribution in [2.45, 2.75) is 13.5 Å². The van der Waals surface area contributed by atoms with Crippen molar-refractivity contribution in [1.29, 1.82) is 0 Å². The minimum atomic E-state index is -0.00188. The van der Waals surface area contributed by atoms with E-state index in [0.29, 0.717) is 0 Å². The third kappa shape index (κ3) is 2.24. The van der Waals surface area contributed by atoms with Crippen LogP contribution in [-0.2, 0) is 6.61 Å². The molecule has 0 fully saturated rings. The Labute approximate surface area is 117 Å². The molecule has 0 aliphatic heterocycles. The van der Waals surface area contributed by atoms with Crippen molar-refractivity contribution in [3.8, 4) is 22.4 Å². The number of aryl methyl sites for hydroxylation is 1. The number of aromatic amines is 1. The van der Waals surface area contributed by atoms with E-state index >= 15 is 0 Å². The topological polar surface area (TPSA) is 48.9 Å². The number of H-pyrrole nitrogens is 1. The Morgan fingerprint density at radius 2 is 1.50 bits per heavy atom. The van der Waals surface area contributed by atoms with Crippen LogP contribution in [0.15, 0.2) is 54.6 Å². The number of benzene rings is 2. The summed E-state index contributed by atoms with van der Waals surface area (Å²) in [6.45, 7) is 1.92. The second-order valence-corrected chi connectivity index (χ2v) is 4.78. The van der Waals surface area contributed by atoms with Crippen LogP contribution < -0.4 is 0 Å². The predicted octanol–water partition coefficient (Wildman–Crippen LogP) is 3.54. The molecule has 0 aliphatic rings. The number of aliphatic hydroxyl groups is 1. The van der Waals surface area contributed by atoms with E-state index in [2.05, 4.69) is 34.5 Å². The van der Waals surface area contributed by atoms with E-state index in [-0.39, 0.29) is 6.61 Å². The molecule has 0 atom stereocenters. The molecular formula is C17H16N2O. The largest absolute Gasteiger partial charge is 0.392 e. The predicted molar refractivity (Wildman–Crippen MR) is 80.1 cm³/mol. The van der Waals surface area contributed by atoms with E-state index < -0.39 is 0 Å². The molecule has 0 saturated heterocycles. The van der Waals surface area contributed by atoms with Crippen molar-refractivity contribution in [2.75, 3.05) is 0 Å². The molecule has 2 N–H and O–H groups in total. The SMILES string of the molecule is Cc1[nH]nc(-c2ccc(-c3ccccc3)cc2)c1CO. The van der Waals surface area contributed by atoms with Gasteiger partial charge in [-0.3, -0.25) is 5.10 Å². The Bertz CT molecular complexity index is 700. The second-order valence-electron chi connectivity index (χ2n) is 4.78. The third-order valence-electron chi connectivity index (χ3n) is 3.50. The maximum atomic E-state index is 9.42. The fourth-order valence-electron chi connectivity index (χ4n) is 2.34. The molecular weight excluding hydrogens is 248 g/mol. The number of hydrogen-bond acceptors (Lipinski definition) is 2. The summed E-state index contributed by atoms with van der Waals surface area (Å²) < 4.78 is 0. The maximum absolute atomic E-state index is 9.42. The van der Waals surface area contributed by atoms with Crippen LogP contribution in [-0.4, -0.2) is 15.3 Å². The normalized spacial score (nSPS) is 10.7. The summed E-state index contributed by atoms with van der Waals surface area (Å²) in [5.74, 6) is 0. The molecule has 3 aromatic rings. The van der Waals surface area contributed by atoms with Gasteiger partial charge in [-0.1, -0.05) is 54.6 Å². The van der Waals surface area contributed by atoms with Crippen molar-refractivity contribution in [3.63, 3.8) is 0 Å². The first kappa shape index (κ1) is 12.6. The molecule has 1 heterocycles. The number of nitrogens with zero attached hydrogens (tertiary/aromatic N) is 1. The molecule has 0 aliphatic carbocycles. The number of hydrogen-bond donors (Lipinski definition) is 2. The monoisotopic (exact) mass is 264 g/mol. The Morgan fingerprint density at radius 1 is 0.900 bits per heavy atom. The van der Waals surface area contributed by atoms with Crippen molar-refractivity contribution in [3.05, 3.63) is 65.9 Å². The standard InChI is InChI=1S/C17H16N2O/c1-12-16(11-20)17(19-18-12)15-9-7-14(8-10-15)13-5-3-2-4-6-13/h2-10,20H,11H2,1H3,(H,18,19). The Morgan fingerprint density at radius 3 is 2.15 bits per heavy atom. The Balaban J connectivity index is 1.97. The minimum Gasteiger partial charge on any atom is -0.392 e. The van der Waals surface area contributed by atoms with Crippen LogP contribution >= 0.6 is 0 Å². The molecule has 3 heteroatoms. The molecule has 0 saturated carbocycles. The fourth-order valence-corrected chi connectivity index (χ4v) is 2.34. The van der Waals surface area contributed by atoms with Gasteiger partial charge in [-0.15, -0.1) is 0 Å². The zero-order valence-corrected chi connectivity index (χ0v) is 11.3. The second kappa shape index (κ2) is 5.31. The van der Waals surface area contributed by atoms with Gasteiger partial charge in [0.2, 0.25) is 0 Å². The van der Waals surface area contributed by atoms with Gasteiger partial charge >= 0.3 is 0 Å². The molecule has 0 unspecified atom stereocenters. The number of aliphatic hydroxyl groups excluding tert-OH is 1. The van der Waals surface area contributed by atoms with Crippen LogP contribution in [0.3, 0.4) is 0 Å². The quantitative estimate of drug-likeness (QED) is 0.760. The van der Waals surface area contributed by atoms with Crippen LogP contribution in [0.1, 0.15) is 11.3 Å². The van der Waals surface area contributed by atoms with Gasteiger partial charge in [0.05, 0.1) is 12.3 Å². The number of nitrogens with one attached hydrogen (secondary N) is 1. The van der Waals surface area contributed by atoms with Crippen LogP contribution in [0.25, 0.3) is 22.4 Å². The summed E-state index contributed by atoms with van der Waals surface area (Å²) >= 11 is 0. The molecule has 0 radical (unpaired) electrons. The molecule has 0 spiro atoms. The van der Waals surface area contributed by atoms with Gasteiger partial charge in [0.25, 0.3) is 0 Å². The average Bonchev–Trinajstić information content (AvgIpc) is 2.89. The van der Waals surface area contributed by atoms with Crippen molar-refractivity contribution in [2.24, 2.45) is 0 Å². The van der Waals surface area contributed by atoms with E-state index in [1.54, 1.807) is 0 Å². The number of aromatic nitrogens is 2.